The van der Waals surface area contributed by atoms with Crippen LogP contribution >= 0.6 is 11.6 Å². The molecule has 0 unspecified atom stereocenters. The van der Waals surface area contributed by atoms with Crippen molar-refractivity contribution in [1.82, 2.24) is 4.90 Å². The van der Waals surface area contributed by atoms with Crippen LogP contribution in [0.25, 0.3) is 0 Å². The first-order valence-electron chi connectivity index (χ1n) is 8.26. The van der Waals surface area contributed by atoms with E-state index in [1.165, 1.54) is 37.4 Å². The third kappa shape index (κ3) is 6.51. The van der Waals surface area contributed by atoms with Crippen LogP contribution in [0.2, 0.25) is 5.02 Å². The third-order valence-electron chi connectivity index (χ3n) is 3.73. The maximum absolute atomic E-state index is 12.9. The lowest BCUT2D eigenvalue weighted by atomic mass is 10.2. The number of amides is 2. The predicted molar refractivity (Wildman–Crippen MR) is 106 cm³/mol. The van der Waals surface area contributed by atoms with Crippen LogP contribution < -0.4 is 10.5 Å². The highest BCUT2D eigenvalue weighted by atomic mass is 35.5. The number of ether oxygens (including phenoxy) is 1. The Balaban J connectivity index is 1.90. The average molecular weight is 458 g/mol. The summed E-state index contributed by atoms with van der Waals surface area (Å²) in [7, 11) is -2.83. The summed E-state index contributed by atoms with van der Waals surface area (Å²) in [6.07, 6.45) is 0. The molecule has 0 fully saturated rings. The molecule has 9 nitrogen and oxygen atoms in total. The molecule has 2 aromatic rings. The Kier molecular flexibility index (Phi) is 7.48. The van der Waals surface area contributed by atoms with E-state index in [9.17, 15) is 27.2 Å². The topological polar surface area (TPSA) is 136 Å². The molecule has 2 rings (SSSR count). The van der Waals surface area contributed by atoms with Gasteiger partial charge in [-0.05, 0) is 42.5 Å². The first kappa shape index (κ1) is 23.3. The predicted octanol–water partition coefficient (Wildman–Crippen LogP) is 1.38. The van der Waals surface area contributed by atoms with Crippen LogP contribution in [-0.2, 0) is 24.3 Å². The Bertz CT molecular complexity index is 1080. The van der Waals surface area contributed by atoms with Gasteiger partial charge in [0.15, 0.2) is 6.61 Å². The van der Waals surface area contributed by atoms with Gasteiger partial charge in [0.2, 0.25) is 15.9 Å². The largest absolute Gasteiger partial charge is 0.452 e. The molecule has 12 heteroatoms. The van der Waals surface area contributed by atoms with Crippen molar-refractivity contribution in [3.05, 3.63) is 58.9 Å². The molecule has 0 aromatic heterocycles. The number of anilines is 1. The monoisotopic (exact) mass is 457 g/mol. The first-order chi connectivity index (χ1) is 14.0. The number of rotatable bonds is 7. The fraction of sp³-hybridized carbons (Fsp3) is 0.167. The van der Waals surface area contributed by atoms with Gasteiger partial charge in [-0.3, -0.25) is 9.59 Å². The van der Waals surface area contributed by atoms with E-state index in [0.717, 1.165) is 17.0 Å². The molecule has 0 radical (unpaired) electrons. The second-order valence-electron chi connectivity index (χ2n) is 6.07. The maximum atomic E-state index is 12.9. The fourth-order valence-corrected chi connectivity index (χ4v) is 3.28. The highest BCUT2D eigenvalue weighted by Gasteiger charge is 2.19. The van der Waals surface area contributed by atoms with Gasteiger partial charge in [0.25, 0.3) is 5.91 Å². The lowest BCUT2D eigenvalue weighted by molar-refractivity contribution is -0.136. The second kappa shape index (κ2) is 9.65. The molecule has 3 N–H and O–H groups in total. The summed E-state index contributed by atoms with van der Waals surface area (Å²) in [5, 5.41) is 7.33. The molecule has 0 aliphatic rings. The van der Waals surface area contributed by atoms with E-state index >= 15 is 0 Å². The number of halogens is 2. The van der Waals surface area contributed by atoms with Crippen LogP contribution in [0.5, 0.6) is 0 Å². The maximum Gasteiger partial charge on any atom is 0.338 e. The minimum Gasteiger partial charge on any atom is -0.452 e. The zero-order valence-electron chi connectivity index (χ0n) is 15.6. The number of carbonyl (C=O) groups is 3. The van der Waals surface area contributed by atoms with Gasteiger partial charge in [-0.1, -0.05) is 11.6 Å². The number of carbonyl (C=O) groups excluding carboxylic acids is 3. The number of benzene rings is 2. The van der Waals surface area contributed by atoms with Crippen LogP contribution in [-0.4, -0.2) is 51.3 Å². The van der Waals surface area contributed by atoms with E-state index in [4.69, 9.17) is 21.5 Å². The minimum atomic E-state index is -4.16. The van der Waals surface area contributed by atoms with Crippen molar-refractivity contribution < 1.29 is 31.9 Å². The summed E-state index contributed by atoms with van der Waals surface area (Å²) in [6, 6.07) is 8.36. The molecular formula is C18H17ClFN3O6S. The van der Waals surface area contributed by atoms with Gasteiger partial charge in [-0.2, -0.15) is 0 Å². The summed E-state index contributed by atoms with van der Waals surface area (Å²) < 4.78 is 40.6. The Morgan fingerprint density at radius 2 is 1.80 bits per heavy atom. The van der Waals surface area contributed by atoms with Gasteiger partial charge in [0, 0.05) is 12.7 Å². The van der Waals surface area contributed by atoms with Crippen molar-refractivity contribution in [3.8, 4) is 0 Å². The summed E-state index contributed by atoms with van der Waals surface area (Å²) in [4.78, 5) is 36.7. The SMILES string of the molecule is CN(CC(=O)Nc1ccc(F)cc1)C(=O)COC(=O)c1ccc(Cl)c(S(N)(=O)=O)c1. The van der Waals surface area contributed by atoms with Gasteiger partial charge < -0.3 is 15.0 Å². The molecule has 2 amide bonds. The molecule has 30 heavy (non-hydrogen) atoms. The van der Waals surface area contributed by atoms with Crippen LogP contribution in [0.4, 0.5) is 10.1 Å². The molecule has 160 valence electrons. The highest BCUT2D eigenvalue weighted by Crippen LogP contribution is 2.21. The van der Waals surface area contributed by atoms with E-state index in [2.05, 4.69) is 5.32 Å². The normalized spacial score (nSPS) is 10.9. The van der Waals surface area contributed by atoms with Crippen molar-refractivity contribution in [2.75, 3.05) is 25.5 Å². The van der Waals surface area contributed by atoms with E-state index in [-0.39, 0.29) is 17.1 Å². The quantitative estimate of drug-likeness (QED) is 0.603. The van der Waals surface area contributed by atoms with Gasteiger partial charge in [0.05, 0.1) is 17.1 Å². The zero-order valence-corrected chi connectivity index (χ0v) is 17.2. The van der Waals surface area contributed by atoms with E-state index in [1.54, 1.807) is 0 Å². The lowest BCUT2D eigenvalue weighted by Gasteiger charge is -2.17. The molecule has 0 aliphatic carbocycles. The zero-order chi connectivity index (χ0) is 22.5. The van der Waals surface area contributed by atoms with Crippen molar-refractivity contribution >= 4 is 45.1 Å². The van der Waals surface area contributed by atoms with Gasteiger partial charge >= 0.3 is 5.97 Å². The van der Waals surface area contributed by atoms with Gasteiger partial charge in [-0.25, -0.2) is 22.7 Å². The lowest BCUT2D eigenvalue weighted by Crippen LogP contribution is -2.37. The Morgan fingerprint density at radius 3 is 2.40 bits per heavy atom. The summed E-state index contributed by atoms with van der Waals surface area (Å²) >= 11 is 5.74. The second-order valence-corrected chi connectivity index (χ2v) is 8.01. The molecule has 0 saturated heterocycles. The third-order valence-corrected chi connectivity index (χ3v) is 5.13. The molecule has 0 atom stereocenters. The van der Waals surface area contributed by atoms with Crippen molar-refractivity contribution in [2.24, 2.45) is 5.14 Å². The van der Waals surface area contributed by atoms with Crippen LogP contribution in [0.1, 0.15) is 10.4 Å². The Morgan fingerprint density at radius 1 is 1.17 bits per heavy atom. The van der Waals surface area contributed by atoms with Gasteiger partial charge in [0.1, 0.15) is 10.7 Å². The van der Waals surface area contributed by atoms with Crippen molar-refractivity contribution in [3.63, 3.8) is 0 Å². The summed E-state index contributed by atoms with van der Waals surface area (Å²) in [5.74, 6) is -2.66. The number of nitrogens with one attached hydrogen (secondary N) is 1. The number of primary sulfonamides is 1. The van der Waals surface area contributed by atoms with E-state index in [0.29, 0.717) is 5.69 Å². The van der Waals surface area contributed by atoms with Crippen molar-refractivity contribution in [2.45, 2.75) is 4.90 Å². The number of hydrogen-bond acceptors (Lipinski definition) is 6. The van der Waals surface area contributed by atoms with Gasteiger partial charge in [-0.15, -0.1) is 0 Å². The number of nitrogens with two attached hydrogens (primary N) is 1. The number of nitrogens with zero attached hydrogens (tertiary/aromatic N) is 1. The summed E-state index contributed by atoms with van der Waals surface area (Å²) in [6.45, 7) is -1.03. The number of hydrogen-bond donors (Lipinski definition) is 2. The number of likely N-dealkylation sites (N-methyl/N-ethyl adjacent to an activating group) is 1. The molecule has 0 heterocycles. The minimum absolute atomic E-state index is 0.169. The van der Waals surface area contributed by atoms with E-state index < -0.39 is 45.1 Å². The molecule has 0 spiro atoms. The molecule has 0 bridgehead atoms. The first-order valence-corrected chi connectivity index (χ1v) is 10.2. The fourth-order valence-electron chi connectivity index (χ4n) is 2.21. The van der Waals surface area contributed by atoms with Crippen LogP contribution in [0, 0.1) is 5.82 Å². The molecular weight excluding hydrogens is 441 g/mol. The molecule has 2 aromatic carbocycles. The van der Waals surface area contributed by atoms with Crippen LogP contribution in [0.3, 0.4) is 0 Å². The Hall–Kier alpha value is -3.02. The average Bonchev–Trinajstić information content (AvgIpc) is 2.66. The van der Waals surface area contributed by atoms with Crippen molar-refractivity contribution in [1.29, 1.82) is 0 Å². The van der Waals surface area contributed by atoms with Crippen LogP contribution in [0.15, 0.2) is 47.4 Å². The molecule has 0 saturated carbocycles. The smallest absolute Gasteiger partial charge is 0.338 e. The number of sulfonamides is 1. The standard InChI is InChI=1S/C18H17ClFN3O6S/c1-23(9-16(24)22-13-5-3-12(20)4-6-13)17(25)10-29-18(26)11-2-7-14(19)15(8-11)30(21,27)28/h2-8H,9-10H2,1H3,(H,22,24)(H2,21,27,28). The number of esters is 1. The summed E-state index contributed by atoms with van der Waals surface area (Å²) in [5.41, 5.74) is 0.176. The van der Waals surface area contributed by atoms with E-state index in [1.807, 2.05) is 0 Å². The molecule has 0 aliphatic heterocycles. The Labute approximate surface area is 176 Å². The highest BCUT2D eigenvalue weighted by molar-refractivity contribution is 7.89.